The first-order valence-electron chi connectivity index (χ1n) is 11.0. The Morgan fingerprint density at radius 3 is 2.59 bits per heavy atom. The van der Waals surface area contributed by atoms with Crippen molar-refractivity contribution in [2.24, 2.45) is 7.05 Å². The van der Waals surface area contributed by atoms with Crippen molar-refractivity contribution in [3.8, 4) is 22.5 Å². The monoisotopic (exact) mass is 484 g/mol. The predicted molar refractivity (Wildman–Crippen MR) is 143 cm³/mol. The fraction of sp³-hybridized carbons (Fsp3) is 0.148. The predicted octanol–water partition coefficient (Wildman–Crippen LogP) is 6.71. The molecular formula is C27H24N4OS2. The maximum Gasteiger partial charge on any atom is 0.234 e. The van der Waals surface area contributed by atoms with E-state index in [0.717, 1.165) is 27.8 Å². The van der Waals surface area contributed by atoms with E-state index in [1.165, 1.54) is 33.3 Å². The summed E-state index contributed by atoms with van der Waals surface area (Å²) in [5.41, 5.74) is 5.47. The first-order valence-corrected chi connectivity index (χ1v) is 12.8. The van der Waals surface area contributed by atoms with E-state index >= 15 is 0 Å². The van der Waals surface area contributed by atoms with Gasteiger partial charge in [-0.05, 0) is 30.9 Å². The van der Waals surface area contributed by atoms with Gasteiger partial charge in [0.25, 0.3) is 0 Å². The van der Waals surface area contributed by atoms with Crippen LogP contribution in [-0.4, -0.2) is 26.4 Å². The van der Waals surface area contributed by atoms with Crippen molar-refractivity contribution in [3.63, 3.8) is 0 Å². The molecule has 0 unspecified atom stereocenters. The number of benzene rings is 3. The van der Waals surface area contributed by atoms with Crippen molar-refractivity contribution in [1.29, 1.82) is 0 Å². The van der Waals surface area contributed by atoms with Crippen molar-refractivity contribution in [3.05, 3.63) is 82.6 Å². The maximum absolute atomic E-state index is 12.7. The van der Waals surface area contributed by atoms with Crippen molar-refractivity contribution >= 4 is 45.5 Å². The number of fused-ring (bicyclic) bond motifs is 1. The number of nitrogens with zero attached hydrogens (tertiary/aromatic N) is 3. The molecule has 0 spiro atoms. The van der Waals surface area contributed by atoms with Crippen LogP contribution in [0.2, 0.25) is 0 Å². The molecule has 1 N–H and O–H groups in total. The van der Waals surface area contributed by atoms with Crippen LogP contribution < -0.4 is 5.32 Å². The SMILES string of the molecule is Cc1ccc(-c2c(-c3nnc(SCC(=O)Nc4cccc5ccccc45)n3C)csc2C)cc1. The summed E-state index contributed by atoms with van der Waals surface area (Å²) in [6.07, 6.45) is 0. The molecule has 0 saturated heterocycles. The summed E-state index contributed by atoms with van der Waals surface area (Å²) in [4.78, 5) is 13.9. The highest BCUT2D eigenvalue weighted by molar-refractivity contribution is 7.99. The molecule has 5 aromatic rings. The van der Waals surface area contributed by atoms with Crippen molar-refractivity contribution in [1.82, 2.24) is 14.8 Å². The Balaban J connectivity index is 1.33. The van der Waals surface area contributed by atoms with E-state index in [1.807, 2.05) is 54.1 Å². The van der Waals surface area contributed by atoms with Crippen LogP contribution in [-0.2, 0) is 11.8 Å². The van der Waals surface area contributed by atoms with Crippen LogP contribution in [0.15, 0.2) is 77.3 Å². The van der Waals surface area contributed by atoms with Gasteiger partial charge >= 0.3 is 0 Å². The normalized spacial score (nSPS) is 11.1. The van der Waals surface area contributed by atoms with Crippen LogP contribution in [0.4, 0.5) is 5.69 Å². The fourth-order valence-electron chi connectivity index (χ4n) is 4.02. The van der Waals surface area contributed by atoms with Crippen LogP contribution in [0.25, 0.3) is 33.3 Å². The molecule has 2 aromatic heterocycles. The maximum atomic E-state index is 12.7. The lowest BCUT2D eigenvalue weighted by Crippen LogP contribution is -2.14. The van der Waals surface area contributed by atoms with Crippen molar-refractivity contribution in [2.45, 2.75) is 19.0 Å². The average molecular weight is 485 g/mol. The summed E-state index contributed by atoms with van der Waals surface area (Å²) in [7, 11) is 1.95. The lowest BCUT2D eigenvalue weighted by Gasteiger charge is -2.09. The third-order valence-corrected chi connectivity index (χ3v) is 7.72. The molecule has 3 aromatic carbocycles. The number of rotatable bonds is 6. The first-order chi connectivity index (χ1) is 16.5. The van der Waals surface area contributed by atoms with E-state index in [9.17, 15) is 4.79 Å². The largest absolute Gasteiger partial charge is 0.325 e. The molecule has 34 heavy (non-hydrogen) atoms. The van der Waals surface area contributed by atoms with Gasteiger partial charge in [0.15, 0.2) is 11.0 Å². The lowest BCUT2D eigenvalue weighted by atomic mass is 10.0. The smallest absolute Gasteiger partial charge is 0.234 e. The van der Waals surface area contributed by atoms with Crippen molar-refractivity contribution < 1.29 is 4.79 Å². The third kappa shape index (κ3) is 4.36. The third-order valence-electron chi connectivity index (χ3n) is 5.79. The molecule has 2 heterocycles. The second-order valence-corrected chi connectivity index (χ2v) is 10.2. The van der Waals surface area contributed by atoms with E-state index in [-0.39, 0.29) is 11.7 Å². The zero-order valence-corrected chi connectivity index (χ0v) is 20.8. The van der Waals surface area contributed by atoms with Crippen LogP contribution in [0.1, 0.15) is 10.4 Å². The molecular weight excluding hydrogens is 460 g/mol. The van der Waals surface area contributed by atoms with Gasteiger partial charge < -0.3 is 9.88 Å². The molecule has 0 fully saturated rings. The van der Waals surface area contributed by atoms with Gasteiger partial charge in [-0.1, -0.05) is 78.0 Å². The highest BCUT2D eigenvalue weighted by Crippen LogP contribution is 2.39. The molecule has 0 saturated carbocycles. The van der Waals surface area contributed by atoms with Gasteiger partial charge in [0, 0.05) is 39.5 Å². The summed E-state index contributed by atoms with van der Waals surface area (Å²) in [6.45, 7) is 4.22. The van der Waals surface area contributed by atoms with E-state index < -0.39 is 0 Å². The molecule has 7 heteroatoms. The topological polar surface area (TPSA) is 59.8 Å². The molecule has 1 amide bonds. The quantitative estimate of drug-likeness (QED) is 0.272. The molecule has 170 valence electrons. The number of anilines is 1. The van der Waals surface area contributed by atoms with E-state index in [0.29, 0.717) is 5.16 Å². The van der Waals surface area contributed by atoms with Gasteiger partial charge in [-0.3, -0.25) is 4.79 Å². The van der Waals surface area contributed by atoms with Crippen LogP contribution in [0.5, 0.6) is 0 Å². The van der Waals surface area contributed by atoms with Gasteiger partial charge in [-0.15, -0.1) is 21.5 Å². The number of carbonyl (C=O) groups is 1. The van der Waals surface area contributed by atoms with Gasteiger partial charge in [-0.25, -0.2) is 0 Å². The number of aromatic nitrogens is 3. The number of hydrogen-bond acceptors (Lipinski definition) is 5. The highest BCUT2D eigenvalue weighted by Gasteiger charge is 2.19. The van der Waals surface area contributed by atoms with E-state index in [1.54, 1.807) is 11.3 Å². The fourth-order valence-corrected chi connectivity index (χ4v) is 5.60. The summed E-state index contributed by atoms with van der Waals surface area (Å²) in [5.74, 6) is 0.984. The highest BCUT2D eigenvalue weighted by atomic mass is 32.2. The van der Waals surface area contributed by atoms with Gasteiger partial charge in [0.1, 0.15) is 0 Å². The number of amides is 1. The van der Waals surface area contributed by atoms with Gasteiger partial charge in [0.2, 0.25) is 5.91 Å². The number of thioether (sulfide) groups is 1. The van der Waals surface area contributed by atoms with E-state index in [4.69, 9.17) is 0 Å². The number of hydrogen-bond donors (Lipinski definition) is 1. The van der Waals surface area contributed by atoms with Crippen LogP contribution in [0, 0.1) is 13.8 Å². The summed E-state index contributed by atoms with van der Waals surface area (Å²) in [6, 6.07) is 22.5. The summed E-state index contributed by atoms with van der Waals surface area (Å²) < 4.78 is 1.97. The minimum absolute atomic E-state index is 0.0716. The Morgan fingerprint density at radius 1 is 1.00 bits per heavy atom. The molecule has 0 aliphatic rings. The number of aryl methyl sites for hydroxylation is 2. The number of carbonyl (C=O) groups excluding carboxylic acids is 1. The Hall–Kier alpha value is -3.42. The minimum atomic E-state index is -0.0716. The average Bonchev–Trinajstić information content (AvgIpc) is 3.40. The Morgan fingerprint density at radius 2 is 1.76 bits per heavy atom. The molecule has 0 atom stereocenters. The Labute approximate surface area is 206 Å². The zero-order valence-electron chi connectivity index (χ0n) is 19.2. The van der Waals surface area contributed by atoms with E-state index in [2.05, 4.69) is 59.0 Å². The zero-order chi connectivity index (χ0) is 23.7. The summed E-state index contributed by atoms with van der Waals surface area (Å²) >= 11 is 3.10. The minimum Gasteiger partial charge on any atom is -0.325 e. The molecule has 0 radical (unpaired) electrons. The molecule has 0 aliphatic carbocycles. The molecule has 5 rings (SSSR count). The van der Waals surface area contributed by atoms with Gasteiger partial charge in [0.05, 0.1) is 5.75 Å². The van der Waals surface area contributed by atoms with Gasteiger partial charge in [-0.2, -0.15) is 0 Å². The Kier molecular flexibility index (Phi) is 6.22. The standard InChI is InChI=1S/C27H24N4OS2/c1-17-11-13-20(14-12-17)25-18(2)33-15-22(25)26-29-30-27(31(26)3)34-16-24(32)28-23-10-6-8-19-7-4-5-9-21(19)23/h4-15H,16H2,1-3H3,(H,28,32). The molecule has 0 aliphatic heterocycles. The second-order valence-electron chi connectivity index (χ2n) is 8.18. The molecule has 5 nitrogen and oxygen atoms in total. The Bertz CT molecular complexity index is 1480. The number of nitrogens with one attached hydrogen (secondary N) is 1. The summed E-state index contributed by atoms with van der Waals surface area (Å²) in [5, 5.41) is 16.9. The van der Waals surface area contributed by atoms with Crippen LogP contribution in [0.3, 0.4) is 0 Å². The van der Waals surface area contributed by atoms with Crippen LogP contribution >= 0.6 is 23.1 Å². The molecule has 0 bridgehead atoms. The number of thiophene rings is 1. The van der Waals surface area contributed by atoms with Crippen molar-refractivity contribution in [2.75, 3.05) is 11.1 Å². The lowest BCUT2D eigenvalue weighted by molar-refractivity contribution is -0.113. The first kappa shape index (κ1) is 22.4. The second kappa shape index (κ2) is 9.44.